The van der Waals surface area contributed by atoms with Crippen LogP contribution in [0.1, 0.15) is 5.56 Å². The molecule has 0 saturated heterocycles. The second kappa shape index (κ2) is 7.45. The fourth-order valence-electron chi connectivity index (χ4n) is 2.24. The van der Waals surface area contributed by atoms with Crippen molar-refractivity contribution in [3.8, 4) is 11.4 Å². The van der Waals surface area contributed by atoms with Gasteiger partial charge in [-0.2, -0.15) is 4.80 Å². The minimum atomic E-state index is -0.279. The van der Waals surface area contributed by atoms with Crippen LogP contribution in [0.4, 0.5) is 4.39 Å². The fourth-order valence-corrected chi connectivity index (χ4v) is 2.24. The summed E-state index contributed by atoms with van der Waals surface area (Å²) in [6.07, 6.45) is 0.559. The van der Waals surface area contributed by atoms with Gasteiger partial charge in [-0.15, -0.1) is 10.2 Å². The van der Waals surface area contributed by atoms with Gasteiger partial charge in [0.15, 0.2) is 0 Å². The number of rotatable bonds is 6. The Kier molecular flexibility index (Phi) is 4.90. The van der Waals surface area contributed by atoms with Crippen molar-refractivity contribution in [2.75, 3.05) is 6.54 Å². The van der Waals surface area contributed by atoms with Crippen molar-refractivity contribution in [3.05, 3.63) is 66.0 Å². The third-order valence-corrected chi connectivity index (χ3v) is 3.39. The van der Waals surface area contributed by atoms with Crippen LogP contribution in [0.2, 0.25) is 0 Å². The molecule has 2 aromatic carbocycles. The number of carbonyl (C=O) groups is 1. The predicted molar refractivity (Wildman–Crippen MR) is 86.4 cm³/mol. The summed E-state index contributed by atoms with van der Waals surface area (Å²) in [4.78, 5) is 13.2. The molecule has 0 radical (unpaired) electrons. The molecule has 1 heterocycles. The average Bonchev–Trinajstić information content (AvgIpc) is 3.04. The van der Waals surface area contributed by atoms with Crippen LogP contribution < -0.4 is 5.32 Å². The minimum absolute atomic E-state index is 0.0109. The molecule has 0 aliphatic carbocycles. The molecule has 1 amide bonds. The molecule has 7 heteroatoms. The zero-order valence-electron chi connectivity index (χ0n) is 12.9. The Balaban J connectivity index is 1.49. The monoisotopic (exact) mass is 325 g/mol. The van der Waals surface area contributed by atoms with E-state index in [1.54, 1.807) is 6.07 Å². The van der Waals surface area contributed by atoms with Crippen molar-refractivity contribution >= 4 is 5.91 Å². The Morgan fingerprint density at radius 1 is 1.12 bits per heavy atom. The first-order valence-electron chi connectivity index (χ1n) is 7.55. The van der Waals surface area contributed by atoms with Crippen molar-refractivity contribution < 1.29 is 9.18 Å². The Labute approximate surface area is 138 Å². The topological polar surface area (TPSA) is 72.7 Å². The number of amides is 1. The molecular formula is C17H16FN5O. The minimum Gasteiger partial charge on any atom is -0.354 e. The zero-order valence-corrected chi connectivity index (χ0v) is 12.9. The Morgan fingerprint density at radius 3 is 2.75 bits per heavy atom. The fraction of sp³-hybridized carbons (Fsp3) is 0.176. The van der Waals surface area contributed by atoms with Crippen LogP contribution in [0.15, 0.2) is 54.6 Å². The van der Waals surface area contributed by atoms with Gasteiger partial charge in [-0.1, -0.05) is 42.5 Å². The van der Waals surface area contributed by atoms with Crippen LogP contribution in [-0.2, 0) is 17.8 Å². The number of carbonyl (C=O) groups excluding carboxylic acids is 1. The summed E-state index contributed by atoms with van der Waals surface area (Å²) < 4.78 is 13.1. The van der Waals surface area contributed by atoms with E-state index in [1.807, 2.05) is 36.4 Å². The first kappa shape index (κ1) is 15.8. The third-order valence-electron chi connectivity index (χ3n) is 3.39. The molecule has 122 valence electrons. The van der Waals surface area contributed by atoms with E-state index in [4.69, 9.17) is 0 Å². The summed E-state index contributed by atoms with van der Waals surface area (Å²) in [5.74, 6) is -0.0225. The van der Waals surface area contributed by atoms with E-state index in [2.05, 4.69) is 20.7 Å². The number of tetrazole rings is 1. The maximum absolute atomic E-state index is 13.1. The second-order valence-corrected chi connectivity index (χ2v) is 5.24. The molecule has 0 aliphatic heterocycles. The highest BCUT2D eigenvalue weighted by atomic mass is 19.1. The molecule has 0 saturated carbocycles. The van der Waals surface area contributed by atoms with E-state index in [1.165, 1.54) is 16.9 Å². The van der Waals surface area contributed by atoms with E-state index in [0.717, 1.165) is 11.1 Å². The number of benzene rings is 2. The van der Waals surface area contributed by atoms with Crippen LogP contribution in [0.25, 0.3) is 11.4 Å². The number of nitrogens with one attached hydrogen (secondary N) is 1. The van der Waals surface area contributed by atoms with Gasteiger partial charge < -0.3 is 5.32 Å². The van der Waals surface area contributed by atoms with Gasteiger partial charge in [0.2, 0.25) is 11.7 Å². The van der Waals surface area contributed by atoms with E-state index < -0.39 is 0 Å². The highest BCUT2D eigenvalue weighted by Gasteiger charge is 2.08. The third kappa shape index (κ3) is 4.22. The SMILES string of the molecule is O=C(Cn1nnc(-c2ccccc2)n1)NCCc1cccc(F)c1. The van der Waals surface area contributed by atoms with Crippen molar-refractivity contribution in [1.82, 2.24) is 25.5 Å². The highest BCUT2D eigenvalue weighted by Crippen LogP contribution is 2.11. The summed E-state index contributed by atoms with van der Waals surface area (Å²) in [7, 11) is 0. The second-order valence-electron chi connectivity index (χ2n) is 5.24. The molecule has 0 fully saturated rings. The predicted octanol–water partition coefficient (Wildman–Crippen LogP) is 1.84. The normalized spacial score (nSPS) is 10.5. The Morgan fingerprint density at radius 2 is 1.96 bits per heavy atom. The summed E-state index contributed by atoms with van der Waals surface area (Å²) >= 11 is 0. The van der Waals surface area contributed by atoms with Crippen LogP contribution >= 0.6 is 0 Å². The smallest absolute Gasteiger partial charge is 0.243 e. The first-order chi connectivity index (χ1) is 11.7. The van der Waals surface area contributed by atoms with Gasteiger partial charge in [0.25, 0.3) is 0 Å². The molecule has 6 nitrogen and oxygen atoms in total. The first-order valence-corrected chi connectivity index (χ1v) is 7.55. The van der Waals surface area contributed by atoms with Crippen LogP contribution in [0.5, 0.6) is 0 Å². The quantitative estimate of drug-likeness (QED) is 0.750. The number of hydrogen-bond donors (Lipinski definition) is 1. The molecule has 24 heavy (non-hydrogen) atoms. The van der Waals surface area contributed by atoms with Gasteiger partial charge in [-0.25, -0.2) is 4.39 Å². The average molecular weight is 325 g/mol. The van der Waals surface area contributed by atoms with Crippen LogP contribution in [0, 0.1) is 5.82 Å². The standard InChI is InChI=1S/C17H16FN5O/c18-15-8-4-5-13(11-15)9-10-19-16(24)12-23-21-17(20-22-23)14-6-2-1-3-7-14/h1-8,11H,9-10,12H2,(H,19,24). The van der Waals surface area contributed by atoms with Gasteiger partial charge in [0.1, 0.15) is 12.4 Å². The van der Waals surface area contributed by atoms with Gasteiger partial charge in [0, 0.05) is 12.1 Å². The summed E-state index contributed by atoms with van der Waals surface area (Å²) in [6, 6.07) is 15.7. The summed E-state index contributed by atoms with van der Waals surface area (Å²) in [5, 5.41) is 14.8. The van der Waals surface area contributed by atoms with Crippen molar-refractivity contribution in [2.24, 2.45) is 0 Å². The molecule has 0 unspecified atom stereocenters. The maximum atomic E-state index is 13.1. The van der Waals surface area contributed by atoms with Crippen LogP contribution in [0.3, 0.4) is 0 Å². The number of hydrogen-bond acceptors (Lipinski definition) is 4. The highest BCUT2D eigenvalue weighted by molar-refractivity contribution is 5.75. The number of aromatic nitrogens is 4. The van der Waals surface area contributed by atoms with Crippen molar-refractivity contribution in [2.45, 2.75) is 13.0 Å². The molecule has 3 aromatic rings. The van der Waals surface area contributed by atoms with E-state index >= 15 is 0 Å². The molecule has 0 atom stereocenters. The van der Waals surface area contributed by atoms with Gasteiger partial charge in [-0.05, 0) is 29.3 Å². The lowest BCUT2D eigenvalue weighted by molar-refractivity contribution is -0.122. The van der Waals surface area contributed by atoms with Crippen molar-refractivity contribution in [3.63, 3.8) is 0 Å². The molecular weight excluding hydrogens is 309 g/mol. The molecule has 3 rings (SSSR count). The largest absolute Gasteiger partial charge is 0.354 e. The summed E-state index contributed by atoms with van der Waals surface area (Å²) in [6.45, 7) is 0.408. The summed E-state index contributed by atoms with van der Waals surface area (Å²) in [5.41, 5.74) is 1.68. The Bertz CT molecular complexity index is 819. The Hall–Kier alpha value is -3.09. The van der Waals surface area contributed by atoms with Crippen molar-refractivity contribution in [1.29, 1.82) is 0 Å². The van der Waals surface area contributed by atoms with Gasteiger partial charge >= 0.3 is 0 Å². The van der Waals surface area contributed by atoms with Gasteiger partial charge in [-0.3, -0.25) is 4.79 Å². The molecule has 0 spiro atoms. The number of nitrogens with zero attached hydrogens (tertiary/aromatic N) is 4. The maximum Gasteiger partial charge on any atom is 0.243 e. The van der Waals surface area contributed by atoms with E-state index in [0.29, 0.717) is 18.8 Å². The lowest BCUT2D eigenvalue weighted by Gasteiger charge is -2.04. The van der Waals surface area contributed by atoms with E-state index in [-0.39, 0.29) is 18.3 Å². The molecule has 1 N–H and O–H groups in total. The zero-order chi connectivity index (χ0) is 16.8. The lowest BCUT2D eigenvalue weighted by Crippen LogP contribution is -2.30. The number of halogens is 1. The molecule has 0 bridgehead atoms. The lowest BCUT2D eigenvalue weighted by atomic mass is 10.1. The van der Waals surface area contributed by atoms with E-state index in [9.17, 15) is 9.18 Å². The molecule has 1 aromatic heterocycles. The van der Waals surface area contributed by atoms with Gasteiger partial charge in [0.05, 0.1) is 0 Å². The molecule has 0 aliphatic rings. The van der Waals surface area contributed by atoms with Crippen LogP contribution in [-0.4, -0.2) is 32.7 Å².